The molecule has 0 aliphatic carbocycles. The van der Waals surface area contributed by atoms with Crippen LogP contribution in [0.2, 0.25) is 0 Å². The van der Waals surface area contributed by atoms with Gasteiger partial charge in [0.25, 0.3) is 0 Å². The molecule has 80 valence electrons. The molecule has 0 heterocycles. The Morgan fingerprint density at radius 1 is 1.33 bits per heavy atom. The van der Waals surface area contributed by atoms with Crippen molar-refractivity contribution in [2.24, 2.45) is 0 Å². The lowest BCUT2D eigenvalue weighted by molar-refractivity contribution is -0.145. The molecule has 0 aliphatic heterocycles. The number of benzene rings is 1. The summed E-state index contributed by atoms with van der Waals surface area (Å²) in [6, 6.07) is 6.68. The van der Waals surface area contributed by atoms with Gasteiger partial charge in [0.1, 0.15) is 0 Å². The van der Waals surface area contributed by atoms with E-state index < -0.39 is 12.0 Å². The van der Waals surface area contributed by atoms with E-state index in [9.17, 15) is 9.59 Å². The van der Waals surface area contributed by atoms with Crippen molar-refractivity contribution in [3.05, 3.63) is 29.8 Å². The fourth-order valence-corrected chi connectivity index (χ4v) is 0.998. The zero-order valence-corrected chi connectivity index (χ0v) is 8.53. The Morgan fingerprint density at radius 3 is 2.67 bits per heavy atom. The first-order chi connectivity index (χ1) is 7.08. The van der Waals surface area contributed by atoms with E-state index in [1.54, 1.807) is 12.1 Å². The summed E-state index contributed by atoms with van der Waals surface area (Å²) in [5.41, 5.74) is 3.62. The van der Waals surface area contributed by atoms with Crippen LogP contribution in [0.4, 0.5) is 10.5 Å². The second kappa shape index (κ2) is 4.99. The lowest BCUT2D eigenvalue weighted by atomic mass is 10.2. The number of anilines is 1. The number of hydroxylamine groups is 1. The first kappa shape index (κ1) is 11.0. The van der Waals surface area contributed by atoms with Crippen LogP contribution in [-0.4, -0.2) is 12.0 Å². The van der Waals surface area contributed by atoms with Crippen molar-refractivity contribution in [3.63, 3.8) is 0 Å². The van der Waals surface area contributed by atoms with Gasteiger partial charge < -0.3 is 10.2 Å². The Balaban J connectivity index is 2.48. The molecule has 0 bridgehead atoms. The highest BCUT2D eigenvalue weighted by atomic mass is 16.7. The molecular weight excluding hydrogens is 196 g/mol. The molecule has 0 fully saturated rings. The molecule has 0 aromatic heterocycles. The van der Waals surface area contributed by atoms with Gasteiger partial charge in [-0.3, -0.25) is 4.79 Å². The Bertz CT molecular complexity index is 377. The molecule has 0 aliphatic rings. The van der Waals surface area contributed by atoms with Crippen LogP contribution in [0.25, 0.3) is 0 Å². The molecule has 5 heteroatoms. The van der Waals surface area contributed by atoms with Crippen LogP contribution in [-0.2, 0) is 9.63 Å². The maximum absolute atomic E-state index is 11.1. The van der Waals surface area contributed by atoms with E-state index in [2.05, 4.69) is 10.2 Å². The average molecular weight is 208 g/mol. The third kappa shape index (κ3) is 4.12. The van der Waals surface area contributed by atoms with Gasteiger partial charge in [0.15, 0.2) is 0 Å². The van der Waals surface area contributed by atoms with Gasteiger partial charge in [-0.15, -0.1) is 0 Å². The lowest BCUT2D eigenvalue weighted by Gasteiger charge is -2.06. The fourth-order valence-electron chi connectivity index (χ4n) is 0.998. The summed E-state index contributed by atoms with van der Waals surface area (Å²) < 4.78 is 0. The number of carbonyl (C=O) groups is 2. The van der Waals surface area contributed by atoms with Crippen molar-refractivity contribution >= 4 is 17.7 Å². The average Bonchev–Trinajstić information content (AvgIpc) is 2.15. The summed E-state index contributed by atoms with van der Waals surface area (Å²) in [6.45, 7) is 3.11. The number of urea groups is 1. The maximum Gasteiger partial charge on any atom is 0.352 e. The van der Waals surface area contributed by atoms with Gasteiger partial charge in [-0.1, -0.05) is 12.1 Å². The van der Waals surface area contributed by atoms with Gasteiger partial charge in [-0.25, -0.2) is 4.79 Å². The first-order valence-corrected chi connectivity index (χ1v) is 4.39. The Kier molecular flexibility index (Phi) is 3.68. The van der Waals surface area contributed by atoms with Gasteiger partial charge in [0, 0.05) is 12.6 Å². The van der Waals surface area contributed by atoms with Crippen LogP contribution in [0.1, 0.15) is 12.5 Å². The maximum atomic E-state index is 11.1. The standard InChI is InChI=1S/C10H12N2O3/c1-7-4-3-5-9(6-7)11-10(14)12-15-8(2)13/h3-6H,1-2H3,(H2,11,12,14). The third-order valence-electron chi connectivity index (χ3n) is 1.56. The summed E-state index contributed by atoms with van der Waals surface area (Å²) in [5, 5.41) is 2.51. The highest BCUT2D eigenvalue weighted by Gasteiger charge is 2.02. The molecule has 0 saturated carbocycles. The van der Waals surface area contributed by atoms with Crippen LogP contribution < -0.4 is 10.8 Å². The minimum absolute atomic E-state index is 0.575. The third-order valence-corrected chi connectivity index (χ3v) is 1.56. The highest BCUT2D eigenvalue weighted by Crippen LogP contribution is 2.08. The van der Waals surface area contributed by atoms with E-state index in [1.807, 2.05) is 24.5 Å². The number of hydrogen-bond donors (Lipinski definition) is 2. The minimum Gasteiger partial charge on any atom is -0.340 e. The van der Waals surface area contributed by atoms with Gasteiger partial charge in [0.2, 0.25) is 0 Å². The molecule has 5 nitrogen and oxygen atoms in total. The van der Waals surface area contributed by atoms with Crippen molar-refractivity contribution in [2.45, 2.75) is 13.8 Å². The molecule has 1 rings (SSSR count). The molecule has 0 spiro atoms. The summed E-state index contributed by atoms with van der Waals surface area (Å²) in [4.78, 5) is 25.8. The Morgan fingerprint density at radius 2 is 2.07 bits per heavy atom. The van der Waals surface area contributed by atoms with E-state index in [1.165, 1.54) is 6.92 Å². The number of hydrogen-bond acceptors (Lipinski definition) is 3. The van der Waals surface area contributed by atoms with Crippen molar-refractivity contribution in [1.29, 1.82) is 0 Å². The number of carbonyl (C=O) groups excluding carboxylic acids is 2. The first-order valence-electron chi connectivity index (χ1n) is 4.39. The number of rotatable bonds is 1. The van der Waals surface area contributed by atoms with Crippen LogP contribution in [0, 0.1) is 6.92 Å². The quantitative estimate of drug-likeness (QED) is 0.689. The van der Waals surface area contributed by atoms with E-state index in [4.69, 9.17) is 0 Å². The highest BCUT2D eigenvalue weighted by molar-refractivity contribution is 5.89. The van der Waals surface area contributed by atoms with Crippen molar-refractivity contribution < 1.29 is 14.4 Å². The molecule has 1 aromatic carbocycles. The molecule has 2 amide bonds. The van der Waals surface area contributed by atoms with Gasteiger partial charge in [-0.05, 0) is 24.6 Å². The molecule has 0 atom stereocenters. The predicted octanol–water partition coefficient (Wildman–Crippen LogP) is 1.59. The molecule has 15 heavy (non-hydrogen) atoms. The number of nitrogens with one attached hydrogen (secondary N) is 2. The van der Waals surface area contributed by atoms with Crippen molar-refractivity contribution in [1.82, 2.24) is 5.48 Å². The summed E-state index contributed by atoms with van der Waals surface area (Å²) in [6.07, 6.45) is 0. The predicted molar refractivity (Wildman–Crippen MR) is 55.1 cm³/mol. The molecule has 0 saturated heterocycles. The van der Waals surface area contributed by atoms with E-state index in [0.717, 1.165) is 5.56 Å². The fraction of sp³-hybridized carbons (Fsp3) is 0.200. The number of amides is 2. The minimum atomic E-state index is -0.587. The summed E-state index contributed by atoms with van der Waals surface area (Å²) in [7, 11) is 0. The largest absolute Gasteiger partial charge is 0.352 e. The SMILES string of the molecule is CC(=O)ONC(=O)Nc1cccc(C)c1. The zero-order chi connectivity index (χ0) is 11.3. The normalized spacial score (nSPS) is 9.20. The van der Waals surface area contributed by atoms with E-state index in [-0.39, 0.29) is 0 Å². The molecule has 2 N–H and O–H groups in total. The van der Waals surface area contributed by atoms with Crippen LogP contribution in [0.3, 0.4) is 0 Å². The van der Waals surface area contributed by atoms with E-state index >= 15 is 0 Å². The smallest absolute Gasteiger partial charge is 0.340 e. The van der Waals surface area contributed by atoms with Crippen LogP contribution >= 0.6 is 0 Å². The lowest BCUT2D eigenvalue weighted by Crippen LogP contribution is -2.30. The van der Waals surface area contributed by atoms with Gasteiger partial charge in [0.05, 0.1) is 0 Å². The Hall–Kier alpha value is -2.04. The van der Waals surface area contributed by atoms with E-state index in [0.29, 0.717) is 5.69 Å². The van der Waals surface area contributed by atoms with Gasteiger partial charge in [-0.2, -0.15) is 5.48 Å². The topological polar surface area (TPSA) is 67.4 Å². The molecule has 0 radical (unpaired) electrons. The molecular formula is C10H12N2O3. The second-order valence-electron chi connectivity index (χ2n) is 3.02. The van der Waals surface area contributed by atoms with Gasteiger partial charge >= 0.3 is 12.0 Å². The molecule has 0 unspecified atom stereocenters. The second-order valence-corrected chi connectivity index (χ2v) is 3.02. The van der Waals surface area contributed by atoms with Crippen molar-refractivity contribution in [3.8, 4) is 0 Å². The summed E-state index contributed by atoms with van der Waals surface area (Å²) in [5.74, 6) is -0.575. The Labute approximate surface area is 87.4 Å². The van der Waals surface area contributed by atoms with Crippen LogP contribution in [0.5, 0.6) is 0 Å². The number of aryl methyl sites for hydroxylation is 1. The zero-order valence-electron chi connectivity index (χ0n) is 8.53. The summed E-state index contributed by atoms with van der Waals surface area (Å²) >= 11 is 0. The molecule has 1 aromatic rings. The van der Waals surface area contributed by atoms with Crippen molar-refractivity contribution in [2.75, 3.05) is 5.32 Å². The monoisotopic (exact) mass is 208 g/mol. The van der Waals surface area contributed by atoms with Crippen LogP contribution in [0.15, 0.2) is 24.3 Å².